The summed E-state index contributed by atoms with van der Waals surface area (Å²) in [6.07, 6.45) is 0. The van der Waals surface area contributed by atoms with Gasteiger partial charge in [-0.3, -0.25) is 14.9 Å². The molecule has 0 N–H and O–H groups in total. The molecule has 4 rings (SSSR count). The summed E-state index contributed by atoms with van der Waals surface area (Å²) in [5, 5.41) is 11.0. The number of aryl methyl sites for hydroxylation is 1. The number of non-ortho nitro benzene ring substituents is 1. The van der Waals surface area contributed by atoms with E-state index in [0.717, 1.165) is 22.3 Å². The molecule has 0 atom stereocenters. The van der Waals surface area contributed by atoms with Gasteiger partial charge in [0.1, 0.15) is 0 Å². The molecule has 0 unspecified atom stereocenters. The maximum absolute atomic E-state index is 12.4. The number of para-hydroxylation sites is 2. The van der Waals surface area contributed by atoms with Crippen LogP contribution in [-0.4, -0.2) is 18.9 Å². The van der Waals surface area contributed by atoms with E-state index in [1.54, 1.807) is 16.5 Å². The number of nitro groups is 1. The largest absolute Gasteiger partial charge is 0.311 e. The fraction of sp³-hybridized carbons (Fsp3) is 0.111. The van der Waals surface area contributed by atoms with Crippen LogP contribution in [0.3, 0.4) is 0 Å². The van der Waals surface area contributed by atoms with E-state index in [1.807, 2.05) is 41.8 Å². The molecular formula is C18H14N4O3. The van der Waals surface area contributed by atoms with Gasteiger partial charge in [-0.25, -0.2) is 9.38 Å². The molecule has 2 aromatic carbocycles. The third-order valence-corrected chi connectivity index (χ3v) is 4.23. The topological polar surface area (TPSA) is 82.4 Å². The van der Waals surface area contributed by atoms with Crippen LogP contribution in [0.25, 0.3) is 16.8 Å². The van der Waals surface area contributed by atoms with Crippen molar-refractivity contribution in [3.8, 4) is 0 Å². The smallest absolute Gasteiger partial charge is 0.269 e. The third-order valence-electron chi connectivity index (χ3n) is 4.23. The number of nitrogens with zero attached hydrogens (tertiary/aromatic N) is 4. The molecule has 7 heteroatoms. The van der Waals surface area contributed by atoms with Gasteiger partial charge in [0.05, 0.1) is 22.5 Å². The second-order valence-electron chi connectivity index (χ2n) is 5.87. The summed E-state index contributed by atoms with van der Waals surface area (Å²) in [6.45, 7) is 2.22. The molecule has 25 heavy (non-hydrogen) atoms. The molecule has 0 fully saturated rings. The van der Waals surface area contributed by atoms with E-state index in [2.05, 4.69) is 4.98 Å². The van der Waals surface area contributed by atoms with Gasteiger partial charge in [0.25, 0.3) is 11.2 Å². The van der Waals surface area contributed by atoms with Crippen molar-refractivity contribution >= 4 is 22.5 Å². The van der Waals surface area contributed by atoms with Gasteiger partial charge in [-0.1, -0.05) is 24.3 Å². The third kappa shape index (κ3) is 2.46. The predicted molar refractivity (Wildman–Crippen MR) is 93.9 cm³/mol. The van der Waals surface area contributed by atoms with Crippen LogP contribution in [-0.2, 0) is 6.54 Å². The van der Waals surface area contributed by atoms with Crippen LogP contribution in [0.2, 0.25) is 0 Å². The molecule has 124 valence electrons. The Balaban J connectivity index is 1.94. The van der Waals surface area contributed by atoms with Crippen molar-refractivity contribution in [2.45, 2.75) is 13.5 Å². The number of hydrogen-bond acceptors (Lipinski definition) is 4. The molecule has 0 radical (unpaired) electrons. The van der Waals surface area contributed by atoms with Crippen LogP contribution in [0.1, 0.15) is 11.3 Å². The molecule has 0 saturated heterocycles. The van der Waals surface area contributed by atoms with Crippen LogP contribution in [0.4, 0.5) is 5.69 Å². The lowest BCUT2D eigenvalue weighted by Gasteiger charge is -2.12. The highest BCUT2D eigenvalue weighted by molar-refractivity contribution is 5.79. The van der Waals surface area contributed by atoms with Crippen molar-refractivity contribution in [3.63, 3.8) is 0 Å². The first-order valence-electron chi connectivity index (χ1n) is 7.75. The van der Waals surface area contributed by atoms with Gasteiger partial charge in [0.15, 0.2) is 0 Å². The SMILES string of the molecule is Cc1cc(=O)n2c3ccccc3nc2n1Cc1cccc([N+](=O)[O-])c1. The van der Waals surface area contributed by atoms with E-state index >= 15 is 0 Å². The molecule has 0 aliphatic heterocycles. The lowest BCUT2D eigenvalue weighted by molar-refractivity contribution is -0.384. The zero-order chi connectivity index (χ0) is 17.6. The maximum atomic E-state index is 12.4. The molecule has 2 aromatic heterocycles. The fourth-order valence-electron chi connectivity index (χ4n) is 3.04. The van der Waals surface area contributed by atoms with Gasteiger partial charge in [0.2, 0.25) is 5.78 Å². The first kappa shape index (κ1) is 15.1. The standard InChI is InChI=1S/C18H14N4O3/c1-12-9-17(23)21-16-8-3-2-7-15(16)19-18(21)20(12)11-13-5-4-6-14(10-13)22(24)25/h2-10H,11H2,1H3. The fourth-order valence-corrected chi connectivity index (χ4v) is 3.04. The van der Waals surface area contributed by atoms with Crippen molar-refractivity contribution < 1.29 is 4.92 Å². The second kappa shape index (κ2) is 5.55. The van der Waals surface area contributed by atoms with Crippen molar-refractivity contribution in [2.24, 2.45) is 0 Å². The maximum Gasteiger partial charge on any atom is 0.269 e. The number of aromatic nitrogens is 3. The Kier molecular flexibility index (Phi) is 3.35. The van der Waals surface area contributed by atoms with Gasteiger partial charge in [-0.05, 0) is 24.6 Å². The van der Waals surface area contributed by atoms with Crippen LogP contribution in [0.15, 0.2) is 59.4 Å². The number of benzene rings is 2. The predicted octanol–water partition coefficient (Wildman–Crippen LogP) is 2.91. The summed E-state index contributed by atoms with van der Waals surface area (Å²) in [5.41, 5.74) is 2.90. The Bertz CT molecular complexity index is 1190. The highest BCUT2D eigenvalue weighted by Crippen LogP contribution is 2.19. The number of imidazole rings is 1. The zero-order valence-corrected chi connectivity index (χ0v) is 13.4. The number of rotatable bonds is 3. The molecule has 2 heterocycles. The normalized spacial score (nSPS) is 11.2. The monoisotopic (exact) mass is 334 g/mol. The van der Waals surface area contributed by atoms with E-state index in [1.165, 1.54) is 12.1 Å². The summed E-state index contributed by atoms with van der Waals surface area (Å²) in [5.74, 6) is 0.526. The molecule has 0 aliphatic rings. The van der Waals surface area contributed by atoms with Crippen molar-refractivity contribution in [3.05, 3.63) is 86.3 Å². The molecule has 4 aromatic rings. The number of hydrogen-bond donors (Lipinski definition) is 0. The molecule has 0 amide bonds. The van der Waals surface area contributed by atoms with Gasteiger partial charge in [0, 0.05) is 23.9 Å². The van der Waals surface area contributed by atoms with Crippen molar-refractivity contribution in [1.29, 1.82) is 0 Å². The minimum absolute atomic E-state index is 0.0423. The Morgan fingerprint density at radius 1 is 1.12 bits per heavy atom. The van der Waals surface area contributed by atoms with Crippen molar-refractivity contribution in [1.82, 2.24) is 14.0 Å². The Labute approximate surface area is 141 Å². The second-order valence-corrected chi connectivity index (χ2v) is 5.87. The van der Waals surface area contributed by atoms with Gasteiger partial charge in [-0.15, -0.1) is 0 Å². The van der Waals surface area contributed by atoms with Gasteiger partial charge < -0.3 is 4.57 Å². The Morgan fingerprint density at radius 3 is 2.72 bits per heavy atom. The van der Waals surface area contributed by atoms with E-state index in [0.29, 0.717) is 12.3 Å². The number of nitro benzene ring substituents is 1. The molecule has 0 spiro atoms. The van der Waals surface area contributed by atoms with E-state index in [-0.39, 0.29) is 11.2 Å². The molecule has 7 nitrogen and oxygen atoms in total. The molecule has 0 bridgehead atoms. The van der Waals surface area contributed by atoms with E-state index in [4.69, 9.17) is 0 Å². The summed E-state index contributed by atoms with van der Waals surface area (Å²) >= 11 is 0. The van der Waals surface area contributed by atoms with Crippen LogP contribution < -0.4 is 5.56 Å². The van der Waals surface area contributed by atoms with Crippen LogP contribution in [0.5, 0.6) is 0 Å². The summed E-state index contributed by atoms with van der Waals surface area (Å²) in [4.78, 5) is 27.6. The van der Waals surface area contributed by atoms with Crippen LogP contribution >= 0.6 is 0 Å². The first-order chi connectivity index (χ1) is 12.0. The highest BCUT2D eigenvalue weighted by Gasteiger charge is 2.13. The minimum Gasteiger partial charge on any atom is -0.311 e. The Hall–Kier alpha value is -3.48. The summed E-state index contributed by atoms with van der Waals surface area (Å²) < 4.78 is 3.46. The Morgan fingerprint density at radius 2 is 1.92 bits per heavy atom. The molecular weight excluding hydrogens is 320 g/mol. The van der Waals surface area contributed by atoms with Gasteiger partial charge >= 0.3 is 0 Å². The lowest BCUT2D eigenvalue weighted by Crippen LogP contribution is -2.19. The lowest BCUT2D eigenvalue weighted by atomic mass is 10.2. The summed E-state index contributed by atoms with van der Waals surface area (Å²) in [6, 6.07) is 15.5. The van der Waals surface area contributed by atoms with Crippen LogP contribution in [0, 0.1) is 17.0 Å². The average molecular weight is 334 g/mol. The highest BCUT2D eigenvalue weighted by atomic mass is 16.6. The first-order valence-corrected chi connectivity index (χ1v) is 7.75. The number of fused-ring (bicyclic) bond motifs is 3. The van der Waals surface area contributed by atoms with Crippen molar-refractivity contribution in [2.75, 3.05) is 0 Å². The van der Waals surface area contributed by atoms with E-state index in [9.17, 15) is 14.9 Å². The van der Waals surface area contributed by atoms with Gasteiger partial charge in [-0.2, -0.15) is 0 Å². The molecule has 0 saturated carbocycles. The zero-order valence-electron chi connectivity index (χ0n) is 13.4. The van der Waals surface area contributed by atoms with E-state index < -0.39 is 4.92 Å². The molecule has 0 aliphatic carbocycles. The summed E-state index contributed by atoms with van der Waals surface area (Å²) in [7, 11) is 0. The quantitative estimate of drug-likeness (QED) is 0.426. The average Bonchev–Trinajstić information content (AvgIpc) is 2.98. The minimum atomic E-state index is -0.416.